The number of nitrogens with one attached hydrogen (secondary N) is 1. The Bertz CT molecular complexity index is 354. The number of rotatable bonds is 1. The topological polar surface area (TPSA) is 15.3 Å². The van der Waals surface area contributed by atoms with Gasteiger partial charge in [0.15, 0.2) is 0 Å². The second-order valence-corrected chi connectivity index (χ2v) is 3.78. The molecular formula is C12H16N2. The molecular weight excluding hydrogens is 172 g/mol. The van der Waals surface area contributed by atoms with Crippen molar-refractivity contribution in [1.82, 2.24) is 10.2 Å². The maximum absolute atomic E-state index is 3.48. The van der Waals surface area contributed by atoms with E-state index in [0.717, 1.165) is 0 Å². The van der Waals surface area contributed by atoms with Gasteiger partial charge in [-0.05, 0) is 19.4 Å². The normalized spacial score (nSPS) is 21.4. The highest BCUT2D eigenvalue weighted by atomic mass is 15.3. The van der Waals surface area contributed by atoms with Gasteiger partial charge in [0.2, 0.25) is 0 Å². The van der Waals surface area contributed by atoms with E-state index in [0.29, 0.717) is 6.17 Å². The summed E-state index contributed by atoms with van der Waals surface area (Å²) in [4.78, 5) is 2.27. The van der Waals surface area contributed by atoms with Crippen LogP contribution in [0.3, 0.4) is 0 Å². The van der Waals surface area contributed by atoms with E-state index in [1.807, 2.05) is 6.07 Å². The van der Waals surface area contributed by atoms with Crippen molar-refractivity contribution >= 4 is 0 Å². The maximum Gasteiger partial charge on any atom is 0.125 e. The molecule has 1 aromatic rings. The summed E-state index contributed by atoms with van der Waals surface area (Å²) in [7, 11) is 2.12. The Morgan fingerprint density at radius 1 is 1.14 bits per heavy atom. The number of nitrogens with zero attached hydrogens (tertiary/aromatic N) is 1. The van der Waals surface area contributed by atoms with Crippen LogP contribution in [0.2, 0.25) is 0 Å². The molecule has 0 radical (unpaired) electrons. The molecule has 0 saturated carbocycles. The van der Waals surface area contributed by atoms with E-state index in [1.165, 1.54) is 17.0 Å². The Balaban J connectivity index is 2.25. The Morgan fingerprint density at radius 2 is 1.79 bits per heavy atom. The number of hydrogen-bond donors (Lipinski definition) is 1. The van der Waals surface area contributed by atoms with Crippen LogP contribution < -0.4 is 5.32 Å². The van der Waals surface area contributed by atoms with Crippen molar-refractivity contribution in [2.45, 2.75) is 20.0 Å². The summed E-state index contributed by atoms with van der Waals surface area (Å²) in [5.41, 5.74) is 3.89. The summed E-state index contributed by atoms with van der Waals surface area (Å²) < 4.78 is 0. The first-order chi connectivity index (χ1) is 6.70. The highest BCUT2D eigenvalue weighted by molar-refractivity contribution is 5.25. The van der Waals surface area contributed by atoms with Crippen LogP contribution in [0.25, 0.3) is 0 Å². The van der Waals surface area contributed by atoms with Crippen LogP contribution in [0.4, 0.5) is 0 Å². The molecule has 0 fully saturated rings. The molecule has 1 aliphatic rings. The summed E-state index contributed by atoms with van der Waals surface area (Å²) in [5.74, 6) is 0. The molecule has 1 atom stereocenters. The molecule has 1 aromatic carbocycles. The van der Waals surface area contributed by atoms with Crippen LogP contribution in [0.5, 0.6) is 0 Å². The predicted octanol–water partition coefficient (Wildman–Crippen LogP) is 2.47. The molecule has 2 nitrogen and oxygen atoms in total. The molecule has 0 aliphatic carbocycles. The zero-order chi connectivity index (χ0) is 10.1. The minimum absolute atomic E-state index is 0.302. The van der Waals surface area contributed by atoms with Crippen LogP contribution in [-0.4, -0.2) is 11.9 Å². The summed E-state index contributed by atoms with van der Waals surface area (Å²) in [5, 5.41) is 3.48. The molecule has 0 saturated heterocycles. The third kappa shape index (κ3) is 1.37. The maximum atomic E-state index is 3.48. The highest BCUT2D eigenvalue weighted by Crippen LogP contribution is 2.27. The second-order valence-electron chi connectivity index (χ2n) is 3.78. The summed E-state index contributed by atoms with van der Waals surface area (Å²) in [6, 6.07) is 10.5. The minimum atomic E-state index is 0.302. The predicted molar refractivity (Wildman–Crippen MR) is 58.5 cm³/mol. The summed E-state index contributed by atoms with van der Waals surface area (Å²) >= 11 is 0. The van der Waals surface area contributed by atoms with Gasteiger partial charge in [0.25, 0.3) is 0 Å². The second kappa shape index (κ2) is 3.37. The van der Waals surface area contributed by atoms with E-state index in [1.54, 1.807) is 0 Å². The van der Waals surface area contributed by atoms with Gasteiger partial charge in [-0.15, -0.1) is 0 Å². The average Bonchev–Trinajstić information content (AvgIpc) is 2.47. The number of allylic oxidation sites excluding steroid dienone is 2. The molecule has 14 heavy (non-hydrogen) atoms. The average molecular weight is 188 g/mol. The van der Waals surface area contributed by atoms with Gasteiger partial charge in [-0.25, -0.2) is 0 Å². The molecule has 1 heterocycles. The lowest BCUT2D eigenvalue weighted by Gasteiger charge is -2.23. The van der Waals surface area contributed by atoms with E-state index in [-0.39, 0.29) is 0 Å². The largest absolute Gasteiger partial charge is 0.364 e. The lowest BCUT2D eigenvalue weighted by molar-refractivity contribution is 0.318. The van der Waals surface area contributed by atoms with Gasteiger partial charge in [0.1, 0.15) is 6.17 Å². The van der Waals surface area contributed by atoms with Crippen molar-refractivity contribution in [3.05, 3.63) is 47.3 Å². The monoisotopic (exact) mass is 188 g/mol. The first-order valence-corrected chi connectivity index (χ1v) is 4.92. The lowest BCUT2D eigenvalue weighted by atomic mass is 10.1. The molecule has 1 unspecified atom stereocenters. The first kappa shape index (κ1) is 9.13. The van der Waals surface area contributed by atoms with Crippen molar-refractivity contribution < 1.29 is 0 Å². The van der Waals surface area contributed by atoms with E-state index in [9.17, 15) is 0 Å². The fraction of sp³-hybridized carbons (Fsp3) is 0.333. The van der Waals surface area contributed by atoms with E-state index >= 15 is 0 Å². The summed E-state index contributed by atoms with van der Waals surface area (Å²) in [6.07, 6.45) is 0.302. The van der Waals surface area contributed by atoms with E-state index in [2.05, 4.69) is 55.4 Å². The van der Waals surface area contributed by atoms with Gasteiger partial charge in [-0.3, -0.25) is 0 Å². The van der Waals surface area contributed by atoms with Gasteiger partial charge < -0.3 is 10.2 Å². The van der Waals surface area contributed by atoms with Crippen molar-refractivity contribution in [3.8, 4) is 0 Å². The van der Waals surface area contributed by atoms with Gasteiger partial charge in [-0.2, -0.15) is 0 Å². The lowest BCUT2D eigenvalue weighted by Crippen LogP contribution is -2.25. The van der Waals surface area contributed by atoms with Gasteiger partial charge >= 0.3 is 0 Å². The fourth-order valence-electron chi connectivity index (χ4n) is 1.81. The van der Waals surface area contributed by atoms with Crippen LogP contribution in [0.15, 0.2) is 41.7 Å². The molecule has 2 heteroatoms. The van der Waals surface area contributed by atoms with Gasteiger partial charge in [0, 0.05) is 18.4 Å². The van der Waals surface area contributed by atoms with Crippen LogP contribution in [0, 0.1) is 0 Å². The van der Waals surface area contributed by atoms with Crippen molar-refractivity contribution in [2.24, 2.45) is 0 Å². The SMILES string of the molecule is CC1=C(C)N(C)C(c2ccccc2)N1. The molecule has 0 amide bonds. The Hall–Kier alpha value is -1.44. The molecule has 0 spiro atoms. The van der Waals surface area contributed by atoms with Crippen LogP contribution in [0.1, 0.15) is 25.6 Å². The first-order valence-electron chi connectivity index (χ1n) is 4.92. The standard InChI is InChI=1S/C12H16N2/c1-9-10(2)14(3)12(13-9)11-7-5-4-6-8-11/h4-8,12-13H,1-3H3. The molecule has 0 bridgehead atoms. The summed E-state index contributed by atoms with van der Waals surface area (Å²) in [6.45, 7) is 4.26. The molecule has 0 aromatic heterocycles. The molecule has 1 N–H and O–H groups in total. The van der Waals surface area contributed by atoms with Gasteiger partial charge in [-0.1, -0.05) is 30.3 Å². The Kier molecular flexibility index (Phi) is 2.20. The highest BCUT2D eigenvalue weighted by Gasteiger charge is 2.24. The smallest absolute Gasteiger partial charge is 0.125 e. The van der Waals surface area contributed by atoms with Crippen LogP contribution in [-0.2, 0) is 0 Å². The zero-order valence-corrected chi connectivity index (χ0v) is 8.91. The van der Waals surface area contributed by atoms with E-state index in [4.69, 9.17) is 0 Å². The third-order valence-corrected chi connectivity index (χ3v) is 2.93. The number of hydrogen-bond acceptors (Lipinski definition) is 2. The van der Waals surface area contributed by atoms with Crippen LogP contribution >= 0.6 is 0 Å². The van der Waals surface area contributed by atoms with Gasteiger partial charge in [0.05, 0.1) is 0 Å². The zero-order valence-electron chi connectivity index (χ0n) is 8.91. The number of benzene rings is 1. The van der Waals surface area contributed by atoms with Crippen molar-refractivity contribution in [3.63, 3.8) is 0 Å². The quantitative estimate of drug-likeness (QED) is 0.728. The minimum Gasteiger partial charge on any atom is -0.364 e. The van der Waals surface area contributed by atoms with Crippen molar-refractivity contribution in [2.75, 3.05) is 7.05 Å². The molecule has 74 valence electrons. The molecule has 2 rings (SSSR count). The van der Waals surface area contributed by atoms with E-state index < -0.39 is 0 Å². The Morgan fingerprint density at radius 3 is 2.29 bits per heavy atom. The third-order valence-electron chi connectivity index (χ3n) is 2.93. The fourth-order valence-corrected chi connectivity index (χ4v) is 1.81. The molecule has 1 aliphatic heterocycles. The van der Waals surface area contributed by atoms with Crippen molar-refractivity contribution in [1.29, 1.82) is 0 Å². The Labute approximate surface area is 85.2 Å².